The Hall–Kier alpha value is -4.00. The molecule has 2 N–H and O–H groups in total. The molecule has 0 bridgehead atoms. The molecule has 2 heterocycles. The number of benzene rings is 3. The molecule has 4 aromatic rings. The SMILES string of the molecule is COc1ccc(-c2[nH]c3ccc(F)cc3c2CCC(=O)Nc2ccc3c(c2)OCO3)cc1. The third kappa shape index (κ3) is 3.85. The fraction of sp³-hybridized carbons (Fsp3) is 0.160. The second-order valence-electron chi connectivity index (χ2n) is 7.51. The van der Waals surface area contributed by atoms with Crippen LogP contribution in [-0.2, 0) is 11.2 Å². The topological polar surface area (TPSA) is 72.6 Å². The molecule has 1 aromatic heterocycles. The van der Waals surface area contributed by atoms with Crippen molar-refractivity contribution in [3.8, 4) is 28.5 Å². The molecule has 0 spiro atoms. The molecule has 1 aliphatic heterocycles. The van der Waals surface area contributed by atoms with Crippen molar-refractivity contribution in [2.45, 2.75) is 12.8 Å². The predicted octanol–water partition coefficient (Wildman–Crippen LogP) is 5.28. The zero-order chi connectivity index (χ0) is 22.1. The van der Waals surface area contributed by atoms with Gasteiger partial charge in [-0.15, -0.1) is 0 Å². The molecule has 0 fully saturated rings. The van der Waals surface area contributed by atoms with Gasteiger partial charge in [0.15, 0.2) is 11.5 Å². The van der Waals surface area contributed by atoms with Gasteiger partial charge in [-0.3, -0.25) is 4.79 Å². The number of anilines is 1. The number of H-pyrrole nitrogens is 1. The number of fused-ring (bicyclic) bond motifs is 2. The summed E-state index contributed by atoms with van der Waals surface area (Å²) in [4.78, 5) is 16.0. The van der Waals surface area contributed by atoms with E-state index >= 15 is 0 Å². The van der Waals surface area contributed by atoms with Gasteiger partial charge in [-0.2, -0.15) is 0 Å². The van der Waals surface area contributed by atoms with E-state index in [1.165, 1.54) is 12.1 Å². The van der Waals surface area contributed by atoms with Gasteiger partial charge in [-0.05, 0) is 72.1 Å². The van der Waals surface area contributed by atoms with Gasteiger partial charge in [0.2, 0.25) is 12.7 Å². The van der Waals surface area contributed by atoms with Crippen LogP contribution in [0.3, 0.4) is 0 Å². The largest absolute Gasteiger partial charge is 0.497 e. The minimum atomic E-state index is -0.316. The fourth-order valence-electron chi connectivity index (χ4n) is 3.92. The normalized spacial score (nSPS) is 12.2. The van der Waals surface area contributed by atoms with Crippen molar-refractivity contribution in [1.29, 1.82) is 0 Å². The van der Waals surface area contributed by atoms with E-state index in [-0.39, 0.29) is 24.9 Å². The molecule has 0 radical (unpaired) electrons. The molecule has 1 aliphatic rings. The summed E-state index contributed by atoms with van der Waals surface area (Å²) in [7, 11) is 1.62. The molecule has 7 heteroatoms. The van der Waals surface area contributed by atoms with Crippen molar-refractivity contribution in [3.05, 3.63) is 72.0 Å². The Morgan fingerprint density at radius 2 is 1.88 bits per heavy atom. The average Bonchev–Trinajstić information content (AvgIpc) is 3.41. The second kappa shape index (κ2) is 8.26. The number of amides is 1. The molecule has 32 heavy (non-hydrogen) atoms. The Morgan fingerprint density at radius 3 is 2.69 bits per heavy atom. The molecule has 0 atom stereocenters. The van der Waals surface area contributed by atoms with Crippen molar-refractivity contribution in [2.75, 3.05) is 19.2 Å². The molecule has 0 aliphatic carbocycles. The standard InChI is InChI=1S/C25H21FN2O4/c1-30-18-6-2-15(3-7-18)25-19(20-12-16(26)4-9-21(20)28-25)8-11-24(29)27-17-5-10-22-23(13-17)32-14-31-22/h2-7,9-10,12-13,28H,8,11,14H2,1H3,(H,27,29). The first-order valence-electron chi connectivity index (χ1n) is 10.2. The highest BCUT2D eigenvalue weighted by atomic mass is 19.1. The van der Waals surface area contributed by atoms with Crippen molar-refractivity contribution >= 4 is 22.5 Å². The highest BCUT2D eigenvalue weighted by Gasteiger charge is 2.17. The summed E-state index contributed by atoms with van der Waals surface area (Å²) >= 11 is 0. The number of carbonyl (C=O) groups is 1. The molecule has 162 valence electrons. The third-order valence-electron chi connectivity index (χ3n) is 5.51. The van der Waals surface area contributed by atoms with E-state index in [4.69, 9.17) is 14.2 Å². The Labute approximate surface area is 183 Å². The quantitative estimate of drug-likeness (QED) is 0.435. The molecule has 0 saturated heterocycles. The zero-order valence-electron chi connectivity index (χ0n) is 17.4. The van der Waals surface area contributed by atoms with Crippen LogP contribution in [0.2, 0.25) is 0 Å². The number of aryl methyl sites for hydroxylation is 1. The average molecular weight is 432 g/mol. The van der Waals surface area contributed by atoms with E-state index in [0.29, 0.717) is 23.6 Å². The summed E-state index contributed by atoms with van der Waals surface area (Å²) in [6.07, 6.45) is 0.683. The van der Waals surface area contributed by atoms with Crippen LogP contribution >= 0.6 is 0 Å². The van der Waals surface area contributed by atoms with Crippen LogP contribution in [0.4, 0.5) is 10.1 Å². The smallest absolute Gasteiger partial charge is 0.231 e. The molecule has 0 unspecified atom stereocenters. The van der Waals surface area contributed by atoms with Crippen LogP contribution in [0.5, 0.6) is 17.2 Å². The maximum absolute atomic E-state index is 14.0. The summed E-state index contributed by atoms with van der Waals surface area (Å²) in [5, 5.41) is 3.66. The molecule has 5 rings (SSSR count). The summed E-state index contributed by atoms with van der Waals surface area (Å²) < 4.78 is 29.9. The van der Waals surface area contributed by atoms with Gasteiger partial charge < -0.3 is 24.5 Å². The number of ether oxygens (including phenoxy) is 3. The van der Waals surface area contributed by atoms with E-state index in [1.807, 2.05) is 24.3 Å². The first-order valence-corrected chi connectivity index (χ1v) is 10.2. The van der Waals surface area contributed by atoms with Crippen LogP contribution < -0.4 is 19.5 Å². The number of aromatic amines is 1. The Bertz CT molecular complexity index is 1300. The van der Waals surface area contributed by atoms with Crippen molar-refractivity contribution in [1.82, 2.24) is 4.98 Å². The van der Waals surface area contributed by atoms with Crippen LogP contribution in [-0.4, -0.2) is 24.8 Å². The number of methoxy groups -OCH3 is 1. The van der Waals surface area contributed by atoms with Gasteiger partial charge in [-0.25, -0.2) is 4.39 Å². The van der Waals surface area contributed by atoms with E-state index in [2.05, 4.69) is 10.3 Å². The Morgan fingerprint density at radius 1 is 1.06 bits per heavy atom. The van der Waals surface area contributed by atoms with Gasteiger partial charge in [0.05, 0.1) is 7.11 Å². The highest BCUT2D eigenvalue weighted by Crippen LogP contribution is 2.35. The minimum absolute atomic E-state index is 0.143. The first-order chi connectivity index (χ1) is 15.6. The van der Waals surface area contributed by atoms with Gasteiger partial charge in [0, 0.05) is 34.8 Å². The van der Waals surface area contributed by atoms with E-state index in [0.717, 1.165) is 33.5 Å². The van der Waals surface area contributed by atoms with Crippen LogP contribution in [0.25, 0.3) is 22.2 Å². The number of rotatable bonds is 6. The van der Waals surface area contributed by atoms with Crippen LogP contribution in [0, 0.1) is 5.82 Å². The van der Waals surface area contributed by atoms with Crippen LogP contribution in [0.1, 0.15) is 12.0 Å². The molecule has 1 amide bonds. The number of carbonyl (C=O) groups excluding carboxylic acids is 1. The molecular formula is C25H21FN2O4. The van der Waals surface area contributed by atoms with Crippen molar-refractivity contribution in [3.63, 3.8) is 0 Å². The van der Waals surface area contributed by atoms with Gasteiger partial charge in [-0.1, -0.05) is 0 Å². The zero-order valence-corrected chi connectivity index (χ0v) is 17.4. The van der Waals surface area contributed by atoms with Crippen LogP contribution in [0.15, 0.2) is 60.7 Å². The monoisotopic (exact) mass is 432 g/mol. The number of hydrogen-bond acceptors (Lipinski definition) is 4. The Kier molecular flexibility index (Phi) is 5.15. The highest BCUT2D eigenvalue weighted by molar-refractivity contribution is 5.94. The minimum Gasteiger partial charge on any atom is -0.497 e. The summed E-state index contributed by atoms with van der Waals surface area (Å²) in [5.41, 5.74) is 4.16. The lowest BCUT2D eigenvalue weighted by atomic mass is 10.0. The number of hydrogen-bond donors (Lipinski definition) is 2. The lowest BCUT2D eigenvalue weighted by Gasteiger charge is -2.08. The van der Waals surface area contributed by atoms with Gasteiger partial charge >= 0.3 is 0 Å². The first kappa shape index (κ1) is 19.9. The molecule has 3 aromatic carbocycles. The maximum atomic E-state index is 14.0. The number of halogens is 1. The fourth-order valence-corrected chi connectivity index (χ4v) is 3.92. The number of nitrogens with one attached hydrogen (secondary N) is 2. The third-order valence-corrected chi connectivity index (χ3v) is 5.51. The second-order valence-corrected chi connectivity index (χ2v) is 7.51. The number of aromatic nitrogens is 1. The van der Waals surface area contributed by atoms with E-state index in [1.54, 1.807) is 31.4 Å². The van der Waals surface area contributed by atoms with Gasteiger partial charge in [0.1, 0.15) is 11.6 Å². The summed E-state index contributed by atoms with van der Waals surface area (Å²) in [5.74, 6) is 1.56. The lowest BCUT2D eigenvalue weighted by Crippen LogP contribution is -2.12. The molecule has 0 saturated carbocycles. The van der Waals surface area contributed by atoms with E-state index < -0.39 is 0 Å². The van der Waals surface area contributed by atoms with E-state index in [9.17, 15) is 9.18 Å². The van der Waals surface area contributed by atoms with Crippen molar-refractivity contribution in [2.24, 2.45) is 0 Å². The summed E-state index contributed by atoms with van der Waals surface area (Å²) in [6, 6.07) is 17.5. The molecule has 6 nitrogen and oxygen atoms in total. The lowest BCUT2D eigenvalue weighted by molar-refractivity contribution is -0.116. The summed E-state index contributed by atoms with van der Waals surface area (Å²) in [6.45, 7) is 0.179. The maximum Gasteiger partial charge on any atom is 0.231 e. The Balaban J connectivity index is 1.39. The van der Waals surface area contributed by atoms with Crippen molar-refractivity contribution < 1.29 is 23.4 Å². The molecular weight excluding hydrogens is 411 g/mol. The predicted molar refractivity (Wildman–Crippen MR) is 120 cm³/mol. The van der Waals surface area contributed by atoms with Gasteiger partial charge in [0.25, 0.3) is 0 Å².